The Morgan fingerprint density at radius 1 is 1.14 bits per heavy atom. The number of rotatable bonds is 2. The second kappa shape index (κ2) is 3.61. The monoisotopic (exact) mass is 204 g/mol. The lowest BCUT2D eigenvalue weighted by atomic mass is 9.83. The molecule has 1 aromatic carbocycles. The van der Waals surface area contributed by atoms with Gasteiger partial charge < -0.3 is 5.11 Å². The van der Waals surface area contributed by atoms with Gasteiger partial charge in [-0.05, 0) is 12.5 Å². The molecule has 0 saturated carbocycles. The maximum Gasteiger partial charge on any atom is 0.400 e. The van der Waals surface area contributed by atoms with E-state index < -0.39 is 18.2 Å². The summed E-state index contributed by atoms with van der Waals surface area (Å²) in [4.78, 5) is 0. The van der Waals surface area contributed by atoms with E-state index in [2.05, 4.69) is 0 Å². The fraction of sp³-hybridized carbons (Fsp3) is 0.400. The van der Waals surface area contributed by atoms with Gasteiger partial charge in [-0.15, -0.1) is 0 Å². The Morgan fingerprint density at radius 2 is 1.64 bits per heavy atom. The molecule has 1 N–H and O–H groups in total. The molecule has 0 amide bonds. The number of benzene rings is 1. The van der Waals surface area contributed by atoms with E-state index in [1.807, 2.05) is 0 Å². The topological polar surface area (TPSA) is 20.2 Å². The van der Waals surface area contributed by atoms with Crippen LogP contribution in [0.5, 0.6) is 0 Å². The Morgan fingerprint density at radius 3 is 2.00 bits per heavy atom. The third-order valence-electron chi connectivity index (χ3n) is 2.35. The fourth-order valence-electron chi connectivity index (χ4n) is 1.15. The lowest BCUT2D eigenvalue weighted by Crippen LogP contribution is -2.42. The molecule has 0 fully saturated rings. The van der Waals surface area contributed by atoms with E-state index in [0.717, 1.165) is 6.92 Å². The molecule has 78 valence electrons. The first-order valence-electron chi connectivity index (χ1n) is 4.15. The standard InChI is InChI=1S/C10H11F3O/c1-9(7-14,10(11,12)13)8-5-3-2-4-6-8/h2-6,14H,7H2,1H3. The molecule has 0 aliphatic carbocycles. The molecule has 0 bridgehead atoms. The van der Waals surface area contributed by atoms with E-state index in [0.29, 0.717) is 0 Å². The summed E-state index contributed by atoms with van der Waals surface area (Å²) in [7, 11) is 0. The van der Waals surface area contributed by atoms with Crippen LogP contribution in [-0.2, 0) is 5.41 Å². The second-order valence-electron chi connectivity index (χ2n) is 3.35. The molecule has 0 radical (unpaired) electrons. The quantitative estimate of drug-likeness (QED) is 0.784. The molecule has 1 nitrogen and oxygen atoms in total. The van der Waals surface area contributed by atoms with Crippen LogP contribution in [0.15, 0.2) is 30.3 Å². The normalized spacial score (nSPS) is 16.4. The van der Waals surface area contributed by atoms with Crippen molar-refractivity contribution in [3.63, 3.8) is 0 Å². The zero-order chi connectivity index (χ0) is 10.8. The summed E-state index contributed by atoms with van der Waals surface area (Å²) in [5, 5.41) is 8.85. The summed E-state index contributed by atoms with van der Waals surface area (Å²) in [6.45, 7) is 0.0445. The molecular formula is C10H11F3O. The molecule has 0 heterocycles. The van der Waals surface area contributed by atoms with Crippen LogP contribution in [0, 0.1) is 0 Å². The summed E-state index contributed by atoms with van der Waals surface area (Å²) in [5.74, 6) is 0. The molecule has 0 aliphatic rings. The first-order valence-corrected chi connectivity index (χ1v) is 4.15. The Bertz CT molecular complexity index is 294. The minimum absolute atomic E-state index is 0.0787. The van der Waals surface area contributed by atoms with Crippen molar-refractivity contribution in [2.75, 3.05) is 6.61 Å². The highest BCUT2D eigenvalue weighted by Gasteiger charge is 2.51. The van der Waals surface area contributed by atoms with Crippen LogP contribution in [0.1, 0.15) is 12.5 Å². The van der Waals surface area contributed by atoms with E-state index >= 15 is 0 Å². The zero-order valence-electron chi connectivity index (χ0n) is 7.67. The van der Waals surface area contributed by atoms with Gasteiger partial charge in [0.2, 0.25) is 0 Å². The van der Waals surface area contributed by atoms with Gasteiger partial charge in [-0.2, -0.15) is 13.2 Å². The van der Waals surface area contributed by atoms with Crippen LogP contribution in [0.3, 0.4) is 0 Å². The van der Waals surface area contributed by atoms with E-state index in [4.69, 9.17) is 5.11 Å². The smallest absolute Gasteiger partial charge is 0.395 e. The molecule has 1 aromatic rings. The largest absolute Gasteiger partial charge is 0.400 e. The zero-order valence-corrected chi connectivity index (χ0v) is 7.67. The van der Waals surface area contributed by atoms with E-state index in [-0.39, 0.29) is 5.56 Å². The molecule has 0 spiro atoms. The van der Waals surface area contributed by atoms with Gasteiger partial charge in [0, 0.05) is 0 Å². The average molecular weight is 204 g/mol. The van der Waals surface area contributed by atoms with Crippen molar-refractivity contribution in [3.8, 4) is 0 Å². The molecule has 0 saturated heterocycles. The highest BCUT2D eigenvalue weighted by atomic mass is 19.4. The summed E-state index contributed by atoms with van der Waals surface area (Å²) in [6.07, 6.45) is -4.44. The van der Waals surface area contributed by atoms with Gasteiger partial charge in [-0.1, -0.05) is 30.3 Å². The highest BCUT2D eigenvalue weighted by Crippen LogP contribution is 2.40. The van der Waals surface area contributed by atoms with Gasteiger partial charge in [0.1, 0.15) is 5.41 Å². The van der Waals surface area contributed by atoms with Crippen molar-refractivity contribution in [3.05, 3.63) is 35.9 Å². The van der Waals surface area contributed by atoms with Gasteiger partial charge in [-0.3, -0.25) is 0 Å². The van der Waals surface area contributed by atoms with E-state index in [1.54, 1.807) is 6.07 Å². The minimum Gasteiger partial charge on any atom is -0.395 e. The van der Waals surface area contributed by atoms with Crippen LogP contribution in [0.2, 0.25) is 0 Å². The van der Waals surface area contributed by atoms with Crippen LogP contribution in [0.4, 0.5) is 13.2 Å². The maximum absolute atomic E-state index is 12.6. The Hall–Kier alpha value is -1.03. The fourth-order valence-corrected chi connectivity index (χ4v) is 1.15. The third kappa shape index (κ3) is 1.75. The maximum atomic E-state index is 12.6. The molecule has 0 aromatic heterocycles. The van der Waals surface area contributed by atoms with Crippen molar-refractivity contribution >= 4 is 0 Å². The molecule has 1 unspecified atom stereocenters. The van der Waals surface area contributed by atoms with Gasteiger partial charge in [-0.25, -0.2) is 0 Å². The minimum atomic E-state index is -4.44. The molecular weight excluding hydrogens is 193 g/mol. The van der Waals surface area contributed by atoms with Crippen molar-refractivity contribution < 1.29 is 18.3 Å². The van der Waals surface area contributed by atoms with Crippen LogP contribution in [-0.4, -0.2) is 17.9 Å². The third-order valence-corrected chi connectivity index (χ3v) is 2.35. The summed E-state index contributed by atoms with van der Waals surface area (Å²) in [6, 6.07) is 7.41. The predicted molar refractivity (Wildman–Crippen MR) is 46.9 cm³/mol. The van der Waals surface area contributed by atoms with Crippen molar-refractivity contribution in [1.29, 1.82) is 0 Å². The lowest BCUT2D eigenvalue weighted by molar-refractivity contribution is -0.195. The number of hydrogen-bond donors (Lipinski definition) is 1. The van der Waals surface area contributed by atoms with Gasteiger partial charge in [0.25, 0.3) is 0 Å². The first-order chi connectivity index (χ1) is 6.42. The van der Waals surface area contributed by atoms with E-state index in [9.17, 15) is 13.2 Å². The van der Waals surface area contributed by atoms with Gasteiger partial charge in [0.05, 0.1) is 6.61 Å². The Balaban J connectivity index is 3.15. The van der Waals surface area contributed by atoms with Gasteiger partial charge in [0.15, 0.2) is 0 Å². The molecule has 1 rings (SSSR count). The number of aliphatic hydroxyl groups is 1. The number of halogens is 3. The molecule has 0 aliphatic heterocycles. The molecule has 4 heteroatoms. The van der Waals surface area contributed by atoms with Crippen LogP contribution in [0.25, 0.3) is 0 Å². The van der Waals surface area contributed by atoms with E-state index in [1.165, 1.54) is 24.3 Å². The van der Waals surface area contributed by atoms with Gasteiger partial charge >= 0.3 is 6.18 Å². The number of alkyl halides is 3. The van der Waals surface area contributed by atoms with Crippen molar-refractivity contribution in [2.45, 2.75) is 18.5 Å². The second-order valence-corrected chi connectivity index (χ2v) is 3.35. The summed E-state index contributed by atoms with van der Waals surface area (Å²) >= 11 is 0. The molecule has 1 atom stereocenters. The average Bonchev–Trinajstić information content (AvgIpc) is 2.16. The SMILES string of the molecule is CC(CO)(c1ccccc1)C(F)(F)F. The number of hydrogen-bond acceptors (Lipinski definition) is 1. The lowest BCUT2D eigenvalue weighted by Gasteiger charge is -2.30. The Labute approximate surface area is 80.2 Å². The van der Waals surface area contributed by atoms with Crippen molar-refractivity contribution in [2.24, 2.45) is 0 Å². The summed E-state index contributed by atoms with van der Waals surface area (Å²) < 4.78 is 37.9. The van der Waals surface area contributed by atoms with Crippen molar-refractivity contribution in [1.82, 2.24) is 0 Å². The predicted octanol–water partition coefficient (Wildman–Crippen LogP) is 2.50. The van der Waals surface area contributed by atoms with Crippen LogP contribution >= 0.6 is 0 Å². The van der Waals surface area contributed by atoms with Crippen LogP contribution < -0.4 is 0 Å². The number of aliphatic hydroxyl groups excluding tert-OH is 1. The molecule has 14 heavy (non-hydrogen) atoms. The highest BCUT2D eigenvalue weighted by molar-refractivity contribution is 5.26. The summed E-state index contributed by atoms with van der Waals surface area (Å²) in [5.41, 5.74) is -2.09. The first kappa shape index (κ1) is 11.0. The Kier molecular flexibility index (Phi) is 2.85.